The molecule has 0 aromatic carbocycles. The normalized spacial score (nSPS) is 13.5. The van der Waals surface area contributed by atoms with Gasteiger partial charge in [-0.1, -0.05) is 263 Å². The largest absolute Gasteiger partial charge is 0.394 e. The Morgan fingerprint density at radius 2 is 0.712 bits per heavy atom. The average molecular weight is 832 g/mol. The molecule has 3 atom stereocenters. The molecule has 0 radical (unpaired) electrons. The SMILES string of the molecule is CCCCCCCCCCCCC/C=C/C(O)C(CO)NC(=O)CC(O)CCCCCCCCCCCCCCCCC/C=C\CCCCCCCCCCCCCC. The van der Waals surface area contributed by atoms with E-state index in [2.05, 4.69) is 31.3 Å². The average Bonchev–Trinajstić information content (AvgIpc) is 3.23. The van der Waals surface area contributed by atoms with Gasteiger partial charge in [0.15, 0.2) is 0 Å². The standard InChI is InChI=1S/C54H105NO4/c1-3-5-7-9-11-13-15-17-18-19-20-21-22-23-24-25-26-27-28-29-30-31-32-33-34-36-37-39-41-43-45-47-51(57)49-54(59)55-52(50-56)53(58)48-46-44-42-40-38-35-16-14-12-10-8-6-4-2/h23-24,46,48,51-53,56-58H,3-22,25-45,47,49-50H2,1-2H3,(H,55,59)/b24-23-,48-46+. The topological polar surface area (TPSA) is 89.8 Å². The number of unbranched alkanes of at least 4 members (excludes halogenated alkanes) is 38. The van der Waals surface area contributed by atoms with Crippen molar-refractivity contribution < 1.29 is 20.1 Å². The Morgan fingerprint density at radius 3 is 1.03 bits per heavy atom. The molecule has 350 valence electrons. The maximum absolute atomic E-state index is 12.5. The fraction of sp³-hybridized carbons (Fsp3) is 0.907. The van der Waals surface area contributed by atoms with Crippen molar-refractivity contribution in [1.29, 1.82) is 0 Å². The highest BCUT2D eigenvalue weighted by Gasteiger charge is 2.20. The molecule has 0 fully saturated rings. The van der Waals surface area contributed by atoms with Crippen LogP contribution in [0.3, 0.4) is 0 Å². The minimum Gasteiger partial charge on any atom is -0.394 e. The van der Waals surface area contributed by atoms with Crippen LogP contribution in [0.1, 0.15) is 290 Å². The summed E-state index contributed by atoms with van der Waals surface area (Å²) < 4.78 is 0. The number of allylic oxidation sites excluding steroid dienone is 3. The molecule has 0 rings (SSSR count). The zero-order chi connectivity index (χ0) is 43.0. The summed E-state index contributed by atoms with van der Waals surface area (Å²) >= 11 is 0. The predicted octanol–water partition coefficient (Wildman–Crippen LogP) is 16.1. The van der Waals surface area contributed by atoms with Gasteiger partial charge < -0.3 is 20.6 Å². The van der Waals surface area contributed by atoms with Gasteiger partial charge in [-0.15, -0.1) is 0 Å². The van der Waals surface area contributed by atoms with E-state index in [1.165, 1.54) is 238 Å². The molecule has 59 heavy (non-hydrogen) atoms. The Morgan fingerprint density at radius 1 is 0.424 bits per heavy atom. The summed E-state index contributed by atoms with van der Waals surface area (Å²) in [7, 11) is 0. The van der Waals surface area contributed by atoms with Gasteiger partial charge in [-0.2, -0.15) is 0 Å². The molecule has 0 aromatic rings. The molecule has 0 saturated carbocycles. The quantitative estimate of drug-likeness (QED) is 0.0363. The number of hydrogen-bond acceptors (Lipinski definition) is 4. The number of nitrogens with one attached hydrogen (secondary N) is 1. The Kier molecular flexibility index (Phi) is 48.5. The number of aliphatic hydroxyl groups excluding tert-OH is 3. The first-order chi connectivity index (χ1) is 29.0. The molecule has 3 unspecified atom stereocenters. The highest BCUT2D eigenvalue weighted by atomic mass is 16.3. The van der Waals surface area contributed by atoms with Gasteiger partial charge in [0.05, 0.1) is 31.3 Å². The number of carbonyl (C=O) groups excluding carboxylic acids is 1. The molecule has 0 saturated heterocycles. The first kappa shape index (κ1) is 57.8. The van der Waals surface area contributed by atoms with E-state index in [0.29, 0.717) is 6.42 Å². The molecule has 1 amide bonds. The second-order valence-corrected chi connectivity index (χ2v) is 18.5. The Bertz CT molecular complexity index is 874. The van der Waals surface area contributed by atoms with E-state index in [1.54, 1.807) is 6.08 Å². The van der Waals surface area contributed by atoms with E-state index in [4.69, 9.17) is 0 Å². The van der Waals surface area contributed by atoms with Gasteiger partial charge in [0, 0.05) is 0 Å². The van der Waals surface area contributed by atoms with Crippen molar-refractivity contribution in [2.45, 2.75) is 308 Å². The van der Waals surface area contributed by atoms with Crippen molar-refractivity contribution in [1.82, 2.24) is 5.32 Å². The molecular weight excluding hydrogens is 727 g/mol. The van der Waals surface area contributed by atoms with Gasteiger partial charge in [-0.25, -0.2) is 0 Å². The van der Waals surface area contributed by atoms with Gasteiger partial charge >= 0.3 is 0 Å². The van der Waals surface area contributed by atoms with E-state index in [0.717, 1.165) is 25.7 Å². The van der Waals surface area contributed by atoms with Crippen LogP contribution in [-0.2, 0) is 4.79 Å². The summed E-state index contributed by atoms with van der Waals surface area (Å²) in [4.78, 5) is 12.5. The monoisotopic (exact) mass is 832 g/mol. The fourth-order valence-corrected chi connectivity index (χ4v) is 8.40. The Labute approximate surface area is 369 Å². The predicted molar refractivity (Wildman–Crippen MR) is 259 cm³/mol. The number of carbonyl (C=O) groups is 1. The maximum Gasteiger partial charge on any atom is 0.222 e. The van der Waals surface area contributed by atoms with E-state index in [1.807, 2.05) is 6.08 Å². The second-order valence-electron chi connectivity index (χ2n) is 18.5. The number of hydrogen-bond donors (Lipinski definition) is 4. The smallest absolute Gasteiger partial charge is 0.222 e. The number of amides is 1. The lowest BCUT2D eigenvalue weighted by molar-refractivity contribution is -0.124. The van der Waals surface area contributed by atoms with Crippen LogP contribution >= 0.6 is 0 Å². The molecule has 0 aliphatic heterocycles. The molecule has 4 N–H and O–H groups in total. The molecule has 0 heterocycles. The molecule has 0 aromatic heterocycles. The van der Waals surface area contributed by atoms with Crippen LogP contribution in [0.15, 0.2) is 24.3 Å². The summed E-state index contributed by atoms with van der Waals surface area (Å²) in [6.45, 7) is 4.23. The molecule has 0 bridgehead atoms. The lowest BCUT2D eigenvalue weighted by Crippen LogP contribution is -2.45. The summed E-state index contributed by atoms with van der Waals surface area (Å²) in [6.07, 6.45) is 62.2. The first-order valence-electron chi connectivity index (χ1n) is 26.6. The minimum atomic E-state index is -0.926. The van der Waals surface area contributed by atoms with Crippen molar-refractivity contribution >= 4 is 5.91 Å². The van der Waals surface area contributed by atoms with Crippen LogP contribution < -0.4 is 5.32 Å². The zero-order valence-corrected chi connectivity index (χ0v) is 39.9. The van der Waals surface area contributed by atoms with Crippen molar-refractivity contribution in [3.8, 4) is 0 Å². The van der Waals surface area contributed by atoms with E-state index < -0.39 is 18.2 Å². The third-order valence-electron chi connectivity index (χ3n) is 12.5. The minimum absolute atomic E-state index is 0.0167. The van der Waals surface area contributed by atoms with Gasteiger partial charge in [0.2, 0.25) is 5.91 Å². The lowest BCUT2D eigenvalue weighted by atomic mass is 10.0. The fourth-order valence-electron chi connectivity index (χ4n) is 8.40. The molecule has 5 nitrogen and oxygen atoms in total. The van der Waals surface area contributed by atoms with Crippen LogP contribution in [0.2, 0.25) is 0 Å². The summed E-state index contributed by atoms with van der Waals surface area (Å²) in [5.74, 6) is -0.312. The van der Waals surface area contributed by atoms with E-state index in [-0.39, 0.29) is 18.9 Å². The molecule has 0 spiro atoms. The molecule has 0 aliphatic rings. The highest BCUT2D eigenvalue weighted by molar-refractivity contribution is 5.76. The van der Waals surface area contributed by atoms with E-state index >= 15 is 0 Å². The second kappa shape index (κ2) is 49.5. The first-order valence-corrected chi connectivity index (χ1v) is 26.6. The van der Waals surface area contributed by atoms with Crippen molar-refractivity contribution in [3.63, 3.8) is 0 Å². The van der Waals surface area contributed by atoms with E-state index in [9.17, 15) is 20.1 Å². The zero-order valence-electron chi connectivity index (χ0n) is 39.9. The Hall–Kier alpha value is -1.17. The number of aliphatic hydroxyl groups is 3. The van der Waals surface area contributed by atoms with Crippen LogP contribution in [0, 0.1) is 0 Å². The highest BCUT2D eigenvalue weighted by Crippen LogP contribution is 2.17. The summed E-state index contributed by atoms with van der Waals surface area (Å²) in [6, 6.07) is -0.741. The maximum atomic E-state index is 12.5. The van der Waals surface area contributed by atoms with Crippen LogP contribution in [-0.4, -0.2) is 46.1 Å². The van der Waals surface area contributed by atoms with Gasteiger partial charge in [0.1, 0.15) is 0 Å². The van der Waals surface area contributed by atoms with Gasteiger partial charge in [0.25, 0.3) is 0 Å². The lowest BCUT2D eigenvalue weighted by Gasteiger charge is -2.21. The molecule has 5 heteroatoms. The summed E-state index contributed by atoms with van der Waals surface area (Å²) in [5.41, 5.74) is 0. The van der Waals surface area contributed by atoms with Crippen LogP contribution in [0.4, 0.5) is 0 Å². The number of rotatable bonds is 49. The Balaban J connectivity index is 3.50. The van der Waals surface area contributed by atoms with Gasteiger partial charge in [-0.05, 0) is 44.9 Å². The molecule has 0 aliphatic carbocycles. The third-order valence-corrected chi connectivity index (χ3v) is 12.5. The van der Waals surface area contributed by atoms with Crippen molar-refractivity contribution in [2.75, 3.05) is 6.61 Å². The molecular formula is C54H105NO4. The van der Waals surface area contributed by atoms with Crippen LogP contribution in [0.25, 0.3) is 0 Å². The summed E-state index contributed by atoms with van der Waals surface area (Å²) in [5, 5.41) is 33.3. The van der Waals surface area contributed by atoms with Gasteiger partial charge in [-0.3, -0.25) is 4.79 Å². The van der Waals surface area contributed by atoms with Crippen molar-refractivity contribution in [2.24, 2.45) is 0 Å². The third kappa shape index (κ3) is 46.2. The van der Waals surface area contributed by atoms with Crippen molar-refractivity contribution in [3.05, 3.63) is 24.3 Å². The van der Waals surface area contributed by atoms with Crippen LogP contribution in [0.5, 0.6) is 0 Å².